The van der Waals surface area contributed by atoms with Gasteiger partial charge in [-0.25, -0.2) is 0 Å². The van der Waals surface area contributed by atoms with Gasteiger partial charge in [0, 0.05) is 18.9 Å². The predicted molar refractivity (Wildman–Crippen MR) is 51.5 cm³/mol. The highest BCUT2D eigenvalue weighted by atomic mass is 16.3. The Kier molecular flexibility index (Phi) is 4.12. The van der Waals surface area contributed by atoms with Crippen molar-refractivity contribution in [3.8, 4) is 0 Å². The van der Waals surface area contributed by atoms with E-state index in [9.17, 15) is 4.79 Å². The Morgan fingerprint density at radius 1 is 1.71 bits per heavy atom. The van der Waals surface area contributed by atoms with Crippen molar-refractivity contribution in [1.82, 2.24) is 15.1 Å². The van der Waals surface area contributed by atoms with Crippen LogP contribution < -0.4 is 5.32 Å². The maximum atomic E-state index is 11.2. The standard InChI is InChI=1S/C9H15N3O2/c1-8(13)3-5-10-9(14)7-12-6-2-4-11-12/h2,4,6,8,13H,3,5,7H2,1H3,(H,10,14). The minimum absolute atomic E-state index is 0.0886. The molecule has 1 amide bonds. The molecule has 1 unspecified atom stereocenters. The number of aliphatic hydroxyl groups is 1. The molecule has 14 heavy (non-hydrogen) atoms. The van der Waals surface area contributed by atoms with Crippen molar-refractivity contribution >= 4 is 5.91 Å². The molecule has 0 saturated heterocycles. The summed E-state index contributed by atoms with van der Waals surface area (Å²) in [5, 5.41) is 15.6. The zero-order chi connectivity index (χ0) is 10.4. The maximum Gasteiger partial charge on any atom is 0.241 e. The summed E-state index contributed by atoms with van der Waals surface area (Å²) in [6.07, 6.45) is 3.56. The highest BCUT2D eigenvalue weighted by Crippen LogP contribution is 1.87. The highest BCUT2D eigenvalue weighted by molar-refractivity contribution is 5.75. The first kappa shape index (κ1) is 10.7. The smallest absolute Gasteiger partial charge is 0.241 e. The molecule has 0 aliphatic rings. The minimum Gasteiger partial charge on any atom is -0.393 e. The Morgan fingerprint density at radius 3 is 3.07 bits per heavy atom. The number of nitrogens with one attached hydrogen (secondary N) is 1. The van der Waals surface area contributed by atoms with Gasteiger partial charge in [0.05, 0.1) is 6.10 Å². The molecule has 0 bridgehead atoms. The van der Waals surface area contributed by atoms with Crippen LogP contribution in [0.15, 0.2) is 18.5 Å². The molecule has 0 aliphatic carbocycles. The SMILES string of the molecule is CC(O)CCNC(=O)Cn1cccn1. The Morgan fingerprint density at radius 2 is 2.50 bits per heavy atom. The molecule has 0 aliphatic heterocycles. The van der Waals surface area contributed by atoms with Crippen LogP contribution in [0.3, 0.4) is 0 Å². The Labute approximate surface area is 82.7 Å². The van der Waals surface area contributed by atoms with Gasteiger partial charge in [-0.3, -0.25) is 9.48 Å². The zero-order valence-corrected chi connectivity index (χ0v) is 8.18. The summed E-state index contributed by atoms with van der Waals surface area (Å²) in [5.41, 5.74) is 0. The quantitative estimate of drug-likeness (QED) is 0.685. The fourth-order valence-corrected chi connectivity index (χ4v) is 1.02. The van der Waals surface area contributed by atoms with Crippen molar-refractivity contribution in [2.45, 2.75) is 26.0 Å². The van der Waals surface area contributed by atoms with Crippen molar-refractivity contribution in [1.29, 1.82) is 0 Å². The molecule has 1 rings (SSSR count). The van der Waals surface area contributed by atoms with Gasteiger partial charge < -0.3 is 10.4 Å². The number of aliphatic hydroxyl groups excluding tert-OH is 1. The first-order chi connectivity index (χ1) is 6.68. The highest BCUT2D eigenvalue weighted by Gasteiger charge is 2.02. The molecule has 0 fully saturated rings. The third-order valence-electron chi connectivity index (χ3n) is 1.75. The van der Waals surface area contributed by atoms with Gasteiger partial charge in [0.2, 0.25) is 5.91 Å². The van der Waals surface area contributed by atoms with Gasteiger partial charge in [-0.15, -0.1) is 0 Å². The van der Waals surface area contributed by atoms with E-state index >= 15 is 0 Å². The van der Waals surface area contributed by atoms with Crippen molar-refractivity contribution in [3.63, 3.8) is 0 Å². The number of rotatable bonds is 5. The second-order valence-corrected chi connectivity index (χ2v) is 3.19. The Hall–Kier alpha value is -1.36. The fourth-order valence-electron chi connectivity index (χ4n) is 1.02. The number of hydrogen-bond donors (Lipinski definition) is 2. The van der Waals surface area contributed by atoms with E-state index in [-0.39, 0.29) is 18.6 Å². The van der Waals surface area contributed by atoms with Crippen molar-refractivity contribution in [2.24, 2.45) is 0 Å². The summed E-state index contributed by atoms with van der Waals surface area (Å²) < 4.78 is 1.55. The lowest BCUT2D eigenvalue weighted by molar-refractivity contribution is -0.121. The normalized spacial score (nSPS) is 12.4. The van der Waals surface area contributed by atoms with E-state index in [0.29, 0.717) is 13.0 Å². The van der Waals surface area contributed by atoms with Gasteiger partial charge >= 0.3 is 0 Å². The number of nitrogens with zero attached hydrogens (tertiary/aromatic N) is 2. The fraction of sp³-hybridized carbons (Fsp3) is 0.556. The molecular weight excluding hydrogens is 182 g/mol. The number of carbonyl (C=O) groups is 1. The molecule has 2 N–H and O–H groups in total. The van der Waals surface area contributed by atoms with Crippen molar-refractivity contribution in [3.05, 3.63) is 18.5 Å². The average Bonchev–Trinajstić information content (AvgIpc) is 2.56. The minimum atomic E-state index is -0.375. The zero-order valence-electron chi connectivity index (χ0n) is 8.18. The van der Waals surface area contributed by atoms with E-state index in [0.717, 1.165) is 0 Å². The molecule has 0 spiro atoms. The second-order valence-electron chi connectivity index (χ2n) is 3.19. The van der Waals surface area contributed by atoms with Gasteiger partial charge in [-0.05, 0) is 19.4 Å². The summed E-state index contributed by atoms with van der Waals surface area (Å²) in [6, 6.07) is 1.77. The third kappa shape index (κ3) is 4.04. The van der Waals surface area contributed by atoms with E-state index in [4.69, 9.17) is 5.11 Å². The summed E-state index contributed by atoms with van der Waals surface area (Å²) in [5.74, 6) is -0.0886. The average molecular weight is 197 g/mol. The molecule has 1 aromatic heterocycles. The molecule has 5 nitrogen and oxygen atoms in total. The second kappa shape index (κ2) is 5.39. The Bertz CT molecular complexity index is 270. The molecular formula is C9H15N3O2. The summed E-state index contributed by atoms with van der Waals surface area (Å²) in [7, 11) is 0. The van der Waals surface area contributed by atoms with Crippen molar-refractivity contribution in [2.75, 3.05) is 6.54 Å². The lowest BCUT2D eigenvalue weighted by atomic mass is 10.3. The van der Waals surface area contributed by atoms with Gasteiger partial charge in [0.15, 0.2) is 0 Å². The molecule has 1 heterocycles. The van der Waals surface area contributed by atoms with Crippen LogP contribution in [0.25, 0.3) is 0 Å². The van der Waals surface area contributed by atoms with Gasteiger partial charge in [-0.1, -0.05) is 0 Å². The third-order valence-corrected chi connectivity index (χ3v) is 1.75. The first-order valence-electron chi connectivity index (χ1n) is 4.60. The van der Waals surface area contributed by atoms with Crippen LogP contribution in [0.4, 0.5) is 0 Å². The number of carbonyl (C=O) groups excluding carboxylic acids is 1. The summed E-state index contributed by atoms with van der Waals surface area (Å²) in [6.45, 7) is 2.42. The van der Waals surface area contributed by atoms with Crippen LogP contribution in [0.2, 0.25) is 0 Å². The van der Waals surface area contributed by atoms with E-state index in [1.165, 1.54) is 0 Å². The van der Waals surface area contributed by atoms with Crippen LogP contribution in [0, 0.1) is 0 Å². The van der Waals surface area contributed by atoms with Crippen LogP contribution in [-0.2, 0) is 11.3 Å². The summed E-state index contributed by atoms with van der Waals surface area (Å²) in [4.78, 5) is 11.2. The molecule has 5 heteroatoms. The van der Waals surface area contributed by atoms with Gasteiger partial charge in [-0.2, -0.15) is 5.10 Å². The molecule has 78 valence electrons. The van der Waals surface area contributed by atoms with Crippen LogP contribution >= 0.6 is 0 Å². The lowest BCUT2D eigenvalue weighted by Crippen LogP contribution is -2.29. The van der Waals surface area contributed by atoms with E-state index in [2.05, 4.69) is 10.4 Å². The van der Waals surface area contributed by atoms with E-state index < -0.39 is 0 Å². The molecule has 0 aromatic carbocycles. The predicted octanol–water partition coefficient (Wildman–Crippen LogP) is -0.230. The molecule has 1 atom stereocenters. The maximum absolute atomic E-state index is 11.2. The van der Waals surface area contributed by atoms with E-state index in [1.54, 1.807) is 30.1 Å². The molecule has 0 radical (unpaired) electrons. The molecule has 0 saturated carbocycles. The first-order valence-corrected chi connectivity index (χ1v) is 4.60. The van der Waals surface area contributed by atoms with Crippen LogP contribution in [0.5, 0.6) is 0 Å². The lowest BCUT2D eigenvalue weighted by Gasteiger charge is -2.06. The summed E-state index contributed by atoms with van der Waals surface area (Å²) >= 11 is 0. The number of aromatic nitrogens is 2. The van der Waals surface area contributed by atoms with Crippen LogP contribution in [0.1, 0.15) is 13.3 Å². The van der Waals surface area contributed by atoms with Crippen molar-refractivity contribution < 1.29 is 9.90 Å². The topological polar surface area (TPSA) is 67.2 Å². The van der Waals surface area contributed by atoms with E-state index in [1.807, 2.05) is 0 Å². The monoisotopic (exact) mass is 197 g/mol. The Balaban J connectivity index is 2.17. The largest absolute Gasteiger partial charge is 0.393 e. The molecule has 1 aromatic rings. The van der Waals surface area contributed by atoms with Gasteiger partial charge in [0.25, 0.3) is 0 Å². The number of hydrogen-bond acceptors (Lipinski definition) is 3. The van der Waals surface area contributed by atoms with Crippen LogP contribution in [-0.4, -0.2) is 33.4 Å². The number of amides is 1. The van der Waals surface area contributed by atoms with Gasteiger partial charge in [0.1, 0.15) is 6.54 Å².